The lowest BCUT2D eigenvalue weighted by Gasteiger charge is -2.08. The van der Waals surface area contributed by atoms with Gasteiger partial charge in [0.15, 0.2) is 0 Å². The SMILES string of the molecule is CCCNc1cnc(C(=O)Nc2ccc(C)cc2Cl)cn1. The molecule has 21 heavy (non-hydrogen) atoms. The smallest absolute Gasteiger partial charge is 0.275 e. The lowest BCUT2D eigenvalue weighted by Crippen LogP contribution is -2.15. The molecule has 2 aromatic rings. The normalized spacial score (nSPS) is 10.2. The third kappa shape index (κ3) is 4.16. The molecule has 1 amide bonds. The summed E-state index contributed by atoms with van der Waals surface area (Å²) in [5.74, 6) is 0.317. The Balaban J connectivity index is 2.06. The van der Waals surface area contributed by atoms with Crippen LogP contribution in [0.3, 0.4) is 0 Å². The van der Waals surface area contributed by atoms with Gasteiger partial charge in [-0.2, -0.15) is 0 Å². The summed E-state index contributed by atoms with van der Waals surface area (Å²) in [6.45, 7) is 4.82. The summed E-state index contributed by atoms with van der Waals surface area (Å²) in [5, 5.41) is 6.32. The third-order valence-electron chi connectivity index (χ3n) is 2.81. The predicted molar refractivity (Wildman–Crippen MR) is 85.0 cm³/mol. The van der Waals surface area contributed by atoms with Gasteiger partial charge in [0.05, 0.1) is 23.1 Å². The number of hydrogen-bond acceptors (Lipinski definition) is 4. The first kappa shape index (κ1) is 15.3. The Labute approximate surface area is 128 Å². The molecule has 5 nitrogen and oxygen atoms in total. The molecule has 0 fully saturated rings. The number of carbonyl (C=O) groups excluding carboxylic acids is 1. The number of aryl methyl sites for hydroxylation is 1. The maximum Gasteiger partial charge on any atom is 0.275 e. The number of nitrogens with one attached hydrogen (secondary N) is 2. The minimum atomic E-state index is -0.338. The summed E-state index contributed by atoms with van der Waals surface area (Å²) in [7, 11) is 0. The lowest BCUT2D eigenvalue weighted by molar-refractivity contribution is 0.102. The van der Waals surface area contributed by atoms with Crippen LogP contribution in [0.1, 0.15) is 29.4 Å². The maximum absolute atomic E-state index is 12.1. The molecular formula is C15H17ClN4O. The van der Waals surface area contributed by atoms with Crippen molar-refractivity contribution in [2.75, 3.05) is 17.2 Å². The van der Waals surface area contributed by atoms with E-state index in [1.807, 2.05) is 13.0 Å². The van der Waals surface area contributed by atoms with Crippen molar-refractivity contribution >= 4 is 29.0 Å². The van der Waals surface area contributed by atoms with Crippen LogP contribution >= 0.6 is 11.6 Å². The summed E-state index contributed by atoms with van der Waals surface area (Å²) in [6, 6.07) is 5.44. The molecule has 0 spiro atoms. The fourth-order valence-corrected chi connectivity index (χ4v) is 1.98. The van der Waals surface area contributed by atoms with E-state index in [2.05, 4.69) is 27.5 Å². The van der Waals surface area contributed by atoms with Gasteiger partial charge in [-0.25, -0.2) is 9.97 Å². The first-order valence-corrected chi connectivity index (χ1v) is 7.11. The molecule has 6 heteroatoms. The molecule has 0 saturated carbocycles. The Bertz CT molecular complexity index is 628. The van der Waals surface area contributed by atoms with Crippen molar-refractivity contribution in [2.24, 2.45) is 0 Å². The number of hydrogen-bond donors (Lipinski definition) is 2. The maximum atomic E-state index is 12.1. The van der Waals surface area contributed by atoms with Crippen LogP contribution in [0.15, 0.2) is 30.6 Å². The Morgan fingerprint density at radius 1 is 1.29 bits per heavy atom. The molecule has 0 aliphatic carbocycles. The van der Waals surface area contributed by atoms with E-state index in [1.54, 1.807) is 18.3 Å². The van der Waals surface area contributed by atoms with Crippen LogP contribution in [0.2, 0.25) is 5.02 Å². The van der Waals surface area contributed by atoms with Crippen LogP contribution in [-0.4, -0.2) is 22.4 Å². The van der Waals surface area contributed by atoms with Crippen molar-refractivity contribution < 1.29 is 4.79 Å². The van der Waals surface area contributed by atoms with Crippen LogP contribution in [0.5, 0.6) is 0 Å². The van der Waals surface area contributed by atoms with Crippen LogP contribution < -0.4 is 10.6 Å². The number of halogens is 1. The average molecular weight is 305 g/mol. The van der Waals surface area contributed by atoms with Crippen LogP contribution in [-0.2, 0) is 0 Å². The largest absolute Gasteiger partial charge is 0.369 e. The quantitative estimate of drug-likeness (QED) is 0.887. The number of amides is 1. The number of rotatable bonds is 5. The van der Waals surface area contributed by atoms with E-state index in [0.29, 0.717) is 16.5 Å². The molecule has 110 valence electrons. The van der Waals surface area contributed by atoms with Crippen molar-refractivity contribution in [2.45, 2.75) is 20.3 Å². The number of carbonyl (C=O) groups is 1. The van der Waals surface area contributed by atoms with Crippen LogP contribution in [0.25, 0.3) is 0 Å². The van der Waals surface area contributed by atoms with E-state index in [1.165, 1.54) is 6.20 Å². The third-order valence-corrected chi connectivity index (χ3v) is 3.13. The summed E-state index contributed by atoms with van der Waals surface area (Å²) >= 11 is 6.08. The van der Waals surface area contributed by atoms with Crippen LogP contribution in [0, 0.1) is 6.92 Å². The fraction of sp³-hybridized carbons (Fsp3) is 0.267. The van der Waals surface area contributed by atoms with Gasteiger partial charge in [-0.1, -0.05) is 24.6 Å². The molecule has 0 unspecified atom stereocenters. The Morgan fingerprint density at radius 3 is 2.71 bits per heavy atom. The van der Waals surface area contributed by atoms with Crippen molar-refractivity contribution in [3.8, 4) is 0 Å². The molecule has 2 rings (SSSR count). The van der Waals surface area contributed by atoms with Gasteiger partial charge in [0, 0.05) is 6.54 Å². The molecule has 0 saturated heterocycles. The van der Waals surface area contributed by atoms with Gasteiger partial charge in [-0.3, -0.25) is 4.79 Å². The summed E-state index contributed by atoms with van der Waals surface area (Å²) in [5.41, 5.74) is 1.83. The van der Waals surface area contributed by atoms with E-state index in [-0.39, 0.29) is 11.6 Å². The highest BCUT2D eigenvalue weighted by Gasteiger charge is 2.10. The van der Waals surface area contributed by atoms with Crippen molar-refractivity contribution in [3.05, 3.63) is 46.9 Å². The van der Waals surface area contributed by atoms with Gasteiger partial charge in [0.1, 0.15) is 11.5 Å². The van der Waals surface area contributed by atoms with E-state index in [9.17, 15) is 4.79 Å². The number of aromatic nitrogens is 2. The number of benzene rings is 1. The Kier molecular flexibility index (Phi) is 5.11. The monoisotopic (exact) mass is 304 g/mol. The zero-order chi connectivity index (χ0) is 15.2. The lowest BCUT2D eigenvalue weighted by atomic mass is 10.2. The standard InChI is InChI=1S/C15H17ClN4O/c1-3-6-17-14-9-18-13(8-19-14)15(21)20-12-5-4-10(2)7-11(12)16/h4-5,7-9H,3,6H2,1-2H3,(H,17,19)(H,20,21). The van der Waals surface area contributed by atoms with Gasteiger partial charge in [-0.15, -0.1) is 0 Å². The Hall–Kier alpha value is -2.14. The average Bonchev–Trinajstić information content (AvgIpc) is 2.48. The molecule has 0 bridgehead atoms. The topological polar surface area (TPSA) is 66.9 Å². The molecule has 2 N–H and O–H groups in total. The molecule has 1 aromatic heterocycles. The van der Waals surface area contributed by atoms with Crippen molar-refractivity contribution in [1.29, 1.82) is 0 Å². The second-order valence-corrected chi connectivity index (χ2v) is 5.06. The van der Waals surface area contributed by atoms with Gasteiger partial charge >= 0.3 is 0 Å². The zero-order valence-corrected chi connectivity index (χ0v) is 12.7. The molecule has 0 aliphatic rings. The highest BCUT2D eigenvalue weighted by atomic mass is 35.5. The summed E-state index contributed by atoms with van der Waals surface area (Å²) in [6.07, 6.45) is 3.98. The predicted octanol–water partition coefficient (Wildman–Crippen LogP) is 3.51. The van der Waals surface area contributed by atoms with Gasteiger partial charge in [-0.05, 0) is 31.0 Å². The van der Waals surface area contributed by atoms with Gasteiger partial charge in [0.2, 0.25) is 0 Å². The van der Waals surface area contributed by atoms with Gasteiger partial charge < -0.3 is 10.6 Å². The summed E-state index contributed by atoms with van der Waals surface area (Å²) in [4.78, 5) is 20.3. The number of nitrogens with zero attached hydrogens (tertiary/aromatic N) is 2. The molecule has 1 aromatic carbocycles. The highest BCUT2D eigenvalue weighted by Crippen LogP contribution is 2.23. The van der Waals surface area contributed by atoms with E-state index < -0.39 is 0 Å². The summed E-state index contributed by atoms with van der Waals surface area (Å²) < 4.78 is 0. The van der Waals surface area contributed by atoms with E-state index in [0.717, 1.165) is 18.5 Å². The molecule has 0 atom stereocenters. The molecule has 0 radical (unpaired) electrons. The van der Waals surface area contributed by atoms with Gasteiger partial charge in [0.25, 0.3) is 5.91 Å². The number of anilines is 2. The van der Waals surface area contributed by atoms with Crippen molar-refractivity contribution in [3.63, 3.8) is 0 Å². The zero-order valence-electron chi connectivity index (χ0n) is 12.0. The molecule has 1 heterocycles. The first-order chi connectivity index (χ1) is 10.1. The minimum Gasteiger partial charge on any atom is -0.369 e. The van der Waals surface area contributed by atoms with E-state index in [4.69, 9.17) is 11.6 Å². The molecular weight excluding hydrogens is 288 g/mol. The molecule has 0 aliphatic heterocycles. The Morgan fingerprint density at radius 2 is 2.10 bits per heavy atom. The second-order valence-electron chi connectivity index (χ2n) is 4.65. The minimum absolute atomic E-state index is 0.244. The van der Waals surface area contributed by atoms with E-state index >= 15 is 0 Å². The highest BCUT2D eigenvalue weighted by molar-refractivity contribution is 6.34. The fourth-order valence-electron chi connectivity index (χ4n) is 1.70. The second kappa shape index (κ2) is 7.04. The van der Waals surface area contributed by atoms with Crippen LogP contribution in [0.4, 0.5) is 11.5 Å². The van der Waals surface area contributed by atoms with Crippen molar-refractivity contribution in [1.82, 2.24) is 9.97 Å². The first-order valence-electron chi connectivity index (χ1n) is 6.73.